The van der Waals surface area contributed by atoms with E-state index in [2.05, 4.69) is 29.6 Å². The van der Waals surface area contributed by atoms with Crippen LogP contribution in [0.3, 0.4) is 0 Å². The van der Waals surface area contributed by atoms with Gasteiger partial charge >= 0.3 is 0 Å². The van der Waals surface area contributed by atoms with Gasteiger partial charge in [-0.05, 0) is 35.1 Å². The zero-order chi connectivity index (χ0) is 14.7. The summed E-state index contributed by atoms with van der Waals surface area (Å²) in [6.07, 6.45) is 3.86. The first-order valence-electron chi connectivity index (χ1n) is 7.73. The smallest absolute Gasteiger partial charge is 0.220 e. The third-order valence-electron chi connectivity index (χ3n) is 4.52. The van der Waals surface area contributed by atoms with Gasteiger partial charge in [-0.15, -0.1) is 12.4 Å². The van der Waals surface area contributed by atoms with E-state index in [1.807, 2.05) is 18.2 Å². The van der Waals surface area contributed by atoms with E-state index >= 15 is 0 Å². The van der Waals surface area contributed by atoms with E-state index in [1.165, 1.54) is 10.8 Å². The molecule has 118 valence electrons. The number of carbonyl (C=O) groups is 1. The molecule has 0 radical (unpaired) electrons. The van der Waals surface area contributed by atoms with E-state index in [0.717, 1.165) is 24.8 Å². The van der Waals surface area contributed by atoms with Gasteiger partial charge in [0.2, 0.25) is 5.91 Å². The molecule has 0 heterocycles. The molecule has 3 rings (SSSR count). The molecular weight excluding hydrogens is 296 g/mol. The Bertz CT molecular complexity index is 639. The highest BCUT2D eigenvalue weighted by atomic mass is 35.5. The first-order valence-corrected chi connectivity index (χ1v) is 7.73. The monoisotopic (exact) mass is 318 g/mol. The van der Waals surface area contributed by atoms with Crippen LogP contribution < -0.4 is 11.1 Å². The lowest BCUT2D eigenvalue weighted by Crippen LogP contribution is -2.31. The van der Waals surface area contributed by atoms with Crippen LogP contribution in [0.5, 0.6) is 0 Å². The Morgan fingerprint density at radius 1 is 1.14 bits per heavy atom. The second-order valence-electron chi connectivity index (χ2n) is 5.97. The summed E-state index contributed by atoms with van der Waals surface area (Å²) in [5.41, 5.74) is 7.19. The number of rotatable bonds is 4. The maximum absolute atomic E-state index is 12.1. The molecule has 22 heavy (non-hydrogen) atoms. The van der Waals surface area contributed by atoms with Crippen molar-refractivity contribution in [2.24, 2.45) is 11.7 Å². The molecule has 1 saturated carbocycles. The van der Waals surface area contributed by atoms with Crippen molar-refractivity contribution >= 4 is 29.1 Å². The SMILES string of the molecule is Cl.N[C@@H]1CCC[C@H]1CC(=O)NCc1cccc2ccccc12. The Hall–Kier alpha value is -1.58. The summed E-state index contributed by atoms with van der Waals surface area (Å²) in [5.74, 6) is 0.475. The van der Waals surface area contributed by atoms with Gasteiger partial charge in [0.15, 0.2) is 0 Å². The van der Waals surface area contributed by atoms with Gasteiger partial charge in [0, 0.05) is 19.0 Å². The summed E-state index contributed by atoms with van der Waals surface area (Å²) in [6.45, 7) is 0.585. The first kappa shape index (κ1) is 16.8. The zero-order valence-corrected chi connectivity index (χ0v) is 13.4. The van der Waals surface area contributed by atoms with E-state index in [0.29, 0.717) is 18.9 Å². The molecule has 0 aliphatic heterocycles. The standard InChI is InChI=1S/C18H22N2O.ClH/c19-17-10-4-7-14(17)11-18(21)20-12-15-8-3-6-13-5-1-2-9-16(13)15;/h1-3,5-6,8-9,14,17H,4,7,10-12,19H2,(H,20,21);1H/t14-,17+;/m0./s1. The molecule has 0 saturated heterocycles. The van der Waals surface area contributed by atoms with Gasteiger partial charge < -0.3 is 11.1 Å². The molecule has 0 aromatic heterocycles. The number of carbonyl (C=O) groups excluding carboxylic acids is 1. The minimum atomic E-state index is 0. The van der Waals surface area contributed by atoms with Crippen LogP contribution in [0.1, 0.15) is 31.2 Å². The van der Waals surface area contributed by atoms with Crippen molar-refractivity contribution in [3.8, 4) is 0 Å². The lowest BCUT2D eigenvalue weighted by molar-refractivity contribution is -0.122. The third kappa shape index (κ3) is 3.79. The number of fused-ring (bicyclic) bond motifs is 1. The van der Waals surface area contributed by atoms with E-state index in [-0.39, 0.29) is 24.4 Å². The predicted octanol–water partition coefficient (Wildman–Crippen LogP) is 3.40. The largest absolute Gasteiger partial charge is 0.352 e. The Kier molecular flexibility index (Phi) is 5.81. The van der Waals surface area contributed by atoms with E-state index < -0.39 is 0 Å². The van der Waals surface area contributed by atoms with Gasteiger partial charge in [0.25, 0.3) is 0 Å². The highest BCUT2D eigenvalue weighted by molar-refractivity contribution is 5.86. The topological polar surface area (TPSA) is 55.1 Å². The lowest BCUT2D eigenvalue weighted by atomic mass is 9.99. The number of hydrogen-bond donors (Lipinski definition) is 2. The molecular formula is C18H23ClN2O. The van der Waals surface area contributed by atoms with Crippen molar-refractivity contribution in [2.45, 2.75) is 38.3 Å². The van der Waals surface area contributed by atoms with Gasteiger partial charge in [-0.1, -0.05) is 48.9 Å². The highest BCUT2D eigenvalue weighted by Crippen LogP contribution is 2.26. The minimum Gasteiger partial charge on any atom is -0.352 e. The normalized spacial score (nSPS) is 20.6. The molecule has 4 heteroatoms. The van der Waals surface area contributed by atoms with Gasteiger partial charge in [0.05, 0.1) is 0 Å². The van der Waals surface area contributed by atoms with Crippen molar-refractivity contribution in [2.75, 3.05) is 0 Å². The average Bonchev–Trinajstić information content (AvgIpc) is 2.90. The zero-order valence-electron chi connectivity index (χ0n) is 12.6. The Balaban J connectivity index is 0.00000176. The lowest BCUT2D eigenvalue weighted by Gasteiger charge is -2.15. The summed E-state index contributed by atoms with van der Waals surface area (Å²) in [7, 11) is 0. The molecule has 1 aliphatic carbocycles. The Morgan fingerprint density at radius 3 is 2.68 bits per heavy atom. The van der Waals surface area contributed by atoms with Gasteiger partial charge in [-0.25, -0.2) is 0 Å². The molecule has 0 bridgehead atoms. The van der Waals surface area contributed by atoms with Crippen LogP contribution in [-0.2, 0) is 11.3 Å². The fourth-order valence-electron chi connectivity index (χ4n) is 3.27. The number of nitrogens with one attached hydrogen (secondary N) is 1. The van der Waals surface area contributed by atoms with Gasteiger partial charge in [-0.2, -0.15) is 0 Å². The fraction of sp³-hybridized carbons (Fsp3) is 0.389. The van der Waals surface area contributed by atoms with Gasteiger partial charge in [0.1, 0.15) is 0 Å². The summed E-state index contributed by atoms with van der Waals surface area (Å²) in [6, 6.07) is 14.7. The molecule has 2 aromatic rings. The van der Waals surface area contributed by atoms with Gasteiger partial charge in [-0.3, -0.25) is 4.79 Å². The quantitative estimate of drug-likeness (QED) is 0.907. The minimum absolute atomic E-state index is 0. The van der Waals surface area contributed by atoms with Crippen LogP contribution in [0.2, 0.25) is 0 Å². The maximum atomic E-state index is 12.1. The summed E-state index contributed by atoms with van der Waals surface area (Å²) >= 11 is 0. The Morgan fingerprint density at radius 2 is 1.91 bits per heavy atom. The van der Waals surface area contributed by atoms with Crippen LogP contribution in [0.4, 0.5) is 0 Å². The van der Waals surface area contributed by atoms with E-state index in [4.69, 9.17) is 5.73 Å². The second-order valence-corrected chi connectivity index (χ2v) is 5.97. The van der Waals surface area contributed by atoms with E-state index in [1.54, 1.807) is 0 Å². The van der Waals surface area contributed by atoms with Crippen LogP contribution in [-0.4, -0.2) is 11.9 Å². The third-order valence-corrected chi connectivity index (χ3v) is 4.52. The van der Waals surface area contributed by atoms with Crippen molar-refractivity contribution < 1.29 is 4.79 Å². The molecule has 3 nitrogen and oxygen atoms in total. The molecule has 1 fully saturated rings. The molecule has 1 amide bonds. The average molecular weight is 319 g/mol. The summed E-state index contributed by atoms with van der Waals surface area (Å²) in [5, 5.41) is 5.46. The van der Waals surface area contributed by atoms with E-state index in [9.17, 15) is 4.79 Å². The molecule has 2 aromatic carbocycles. The first-order chi connectivity index (χ1) is 10.2. The highest BCUT2D eigenvalue weighted by Gasteiger charge is 2.25. The van der Waals surface area contributed by atoms with Crippen molar-refractivity contribution in [1.29, 1.82) is 0 Å². The summed E-state index contributed by atoms with van der Waals surface area (Å²) in [4.78, 5) is 12.1. The number of hydrogen-bond acceptors (Lipinski definition) is 2. The van der Waals surface area contributed by atoms with Crippen LogP contribution >= 0.6 is 12.4 Å². The maximum Gasteiger partial charge on any atom is 0.220 e. The van der Waals surface area contributed by atoms with Crippen LogP contribution in [0.25, 0.3) is 10.8 Å². The summed E-state index contributed by atoms with van der Waals surface area (Å²) < 4.78 is 0. The number of benzene rings is 2. The van der Waals surface area contributed by atoms with Crippen molar-refractivity contribution in [3.63, 3.8) is 0 Å². The number of halogens is 1. The van der Waals surface area contributed by atoms with Crippen molar-refractivity contribution in [3.05, 3.63) is 48.0 Å². The molecule has 1 aliphatic rings. The van der Waals surface area contributed by atoms with Crippen molar-refractivity contribution in [1.82, 2.24) is 5.32 Å². The fourth-order valence-corrected chi connectivity index (χ4v) is 3.27. The van der Waals surface area contributed by atoms with Crippen LogP contribution in [0, 0.1) is 5.92 Å². The molecule has 2 atom stereocenters. The Labute approximate surface area is 137 Å². The number of amides is 1. The second kappa shape index (κ2) is 7.61. The number of nitrogens with two attached hydrogens (primary N) is 1. The predicted molar refractivity (Wildman–Crippen MR) is 93.0 cm³/mol. The molecule has 0 spiro atoms. The van der Waals surface area contributed by atoms with Crippen LogP contribution in [0.15, 0.2) is 42.5 Å². The molecule has 0 unspecified atom stereocenters. The molecule has 3 N–H and O–H groups in total.